The number of hydrogen-bond acceptors (Lipinski definition) is 4. The van der Waals surface area contributed by atoms with E-state index in [0.29, 0.717) is 24.3 Å². The molecule has 0 aromatic heterocycles. The van der Waals surface area contributed by atoms with E-state index >= 15 is 0 Å². The fraction of sp³-hybridized carbons (Fsp3) is 0.0833. The number of benzene rings is 5. The smallest absolute Gasteiger partial charge is 0.405 e. The normalized spacial score (nSPS) is 16.5. The Morgan fingerprint density at radius 2 is 1.20 bits per heavy atom. The third-order valence-corrected chi connectivity index (χ3v) is 6.41. The minimum absolute atomic E-state index is 0.342. The monoisotopic (exact) mass is 391 g/mol. The summed E-state index contributed by atoms with van der Waals surface area (Å²) in [6, 6.07) is 18.0. The highest BCUT2D eigenvalue weighted by Gasteiger charge is 2.30. The molecule has 1 fully saturated rings. The van der Waals surface area contributed by atoms with Gasteiger partial charge in [0, 0.05) is 16.5 Å². The molecule has 142 valence electrons. The number of nitrogens with one attached hydrogen (secondary N) is 1. The molecule has 0 radical (unpaired) electrons. The van der Waals surface area contributed by atoms with Gasteiger partial charge in [-0.3, -0.25) is 14.9 Å². The molecule has 5 aromatic rings. The predicted octanol–water partition coefficient (Wildman–Crippen LogP) is 3.36. The van der Waals surface area contributed by atoms with Crippen LogP contribution in [0.5, 0.6) is 0 Å². The molecule has 2 heterocycles. The van der Waals surface area contributed by atoms with Crippen molar-refractivity contribution in [3.63, 3.8) is 0 Å². The van der Waals surface area contributed by atoms with Crippen LogP contribution in [0.25, 0.3) is 43.1 Å². The lowest BCUT2D eigenvalue weighted by molar-refractivity contribution is 0.0845. The van der Waals surface area contributed by atoms with E-state index in [1.807, 2.05) is 30.3 Å². The molecule has 0 spiro atoms. The lowest BCUT2D eigenvalue weighted by Crippen LogP contribution is -2.34. The van der Waals surface area contributed by atoms with Crippen LogP contribution in [0.4, 0.5) is 0 Å². The van der Waals surface area contributed by atoms with E-state index in [4.69, 9.17) is 9.31 Å². The van der Waals surface area contributed by atoms with Gasteiger partial charge in [0.1, 0.15) is 0 Å². The molecule has 2 aliphatic rings. The van der Waals surface area contributed by atoms with Gasteiger partial charge in [0.2, 0.25) is 0 Å². The highest BCUT2D eigenvalue weighted by molar-refractivity contribution is 6.65. The maximum Gasteiger partial charge on any atom is 0.494 e. The first-order chi connectivity index (χ1) is 14.7. The van der Waals surface area contributed by atoms with Crippen molar-refractivity contribution in [1.82, 2.24) is 5.32 Å². The number of hydrogen-bond donors (Lipinski definition) is 1. The third-order valence-electron chi connectivity index (χ3n) is 6.41. The predicted molar refractivity (Wildman–Crippen MR) is 117 cm³/mol. The fourth-order valence-electron chi connectivity index (χ4n) is 5.18. The summed E-state index contributed by atoms with van der Waals surface area (Å²) in [6.07, 6.45) is 0. The van der Waals surface area contributed by atoms with Gasteiger partial charge >= 0.3 is 7.12 Å². The number of carbonyl (C=O) groups is 2. The first-order valence-corrected chi connectivity index (χ1v) is 9.97. The summed E-state index contributed by atoms with van der Waals surface area (Å²) < 4.78 is 11.6. The number of amides is 2. The second-order valence-corrected chi connectivity index (χ2v) is 7.86. The second-order valence-electron chi connectivity index (χ2n) is 7.86. The van der Waals surface area contributed by atoms with E-state index in [2.05, 4.69) is 29.6 Å². The quantitative estimate of drug-likeness (QED) is 0.206. The lowest BCUT2D eigenvalue weighted by Gasteiger charge is -2.21. The fourth-order valence-corrected chi connectivity index (χ4v) is 5.18. The molecule has 0 aliphatic carbocycles. The van der Waals surface area contributed by atoms with Gasteiger partial charge < -0.3 is 9.31 Å². The van der Waals surface area contributed by atoms with Crippen LogP contribution in [0.1, 0.15) is 20.7 Å². The first kappa shape index (κ1) is 16.3. The Labute approximate surface area is 171 Å². The molecule has 7 rings (SSSR count). The van der Waals surface area contributed by atoms with Crippen LogP contribution < -0.4 is 10.8 Å². The molecule has 2 amide bonds. The molecule has 6 heteroatoms. The zero-order valence-electron chi connectivity index (χ0n) is 15.8. The number of carbonyl (C=O) groups excluding carboxylic acids is 2. The SMILES string of the molecule is O=C1NC(=O)c2ccc3c4ccc(B5OCCO5)c5cccc(c6ccc1c2c63)c54. The van der Waals surface area contributed by atoms with E-state index in [-0.39, 0.29) is 18.9 Å². The number of fused-ring (bicyclic) bond motifs is 2. The van der Waals surface area contributed by atoms with Gasteiger partial charge in [0.25, 0.3) is 11.8 Å². The lowest BCUT2D eigenvalue weighted by atomic mass is 9.74. The van der Waals surface area contributed by atoms with Gasteiger partial charge in [-0.25, -0.2) is 0 Å². The minimum Gasteiger partial charge on any atom is -0.405 e. The highest BCUT2D eigenvalue weighted by atomic mass is 16.6. The molecule has 0 saturated carbocycles. The minimum atomic E-state index is -0.354. The van der Waals surface area contributed by atoms with Crippen LogP contribution in [0.3, 0.4) is 0 Å². The van der Waals surface area contributed by atoms with Crippen LogP contribution in [0.2, 0.25) is 0 Å². The van der Waals surface area contributed by atoms with E-state index < -0.39 is 0 Å². The van der Waals surface area contributed by atoms with Crippen molar-refractivity contribution < 1.29 is 18.9 Å². The van der Waals surface area contributed by atoms with Gasteiger partial charge in [0.15, 0.2) is 0 Å². The molecule has 5 aromatic carbocycles. The summed E-state index contributed by atoms with van der Waals surface area (Å²) in [6.45, 7) is 1.19. The van der Waals surface area contributed by atoms with Crippen molar-refractivity contribution in [3.05, 3.63) is 65.7 Å². The molecule has 1 N–H and O–H groups in total. The van der Waals surface area contributed by atoms with Crippen LogP contribution >= 0.6 is 0 Å². The van der Waals surface area contributed by atoms with E-state index in [0.717, 1.165) is 48.6 Å². The molecule has 0 bridgehead atoms. The Balaban J connectivity index is 1.71. The van der Waals surface area contributed by atoms with E-state index in [9.17, 15) is 9.59 Å². The van der Waals surface area contributed by atoms with Gasteiger partial charge in [-0.05, 0) is 55.3 Å². The van der Waals surface area contributed by atoms with Crippen LogP contribution in [-0.4, -0.2) is 32.1 Å². The maximum atomic E-state index is 12.5. The Morgan fingerprint density at radius 3 is 1.90 bits per heavy atom. The zero-order valence-corrected chi connectivity index (χ0v) is 15.8. The molecule has 0 atom stereocenters. The van der Waals surface area contributed by atoms with Crippen molar-refractivity contribution in [2.75, 3.05) is 13.2 Å². The topological polar surface area (TPSA) is 64.6 Å². The molecule has 30 heavy (non-hydrogen) atoms. The average Bonchev–Trinajstić information content (AvgIpc) is 3.30. The van der Waals surface area contributed by atoms with Crippen molar-refractivity contribution in [2.45, 2.75) is 0 Å². The third kappa shape index (κ3) is 1.90. The molecule has 0 unspecified atom stereocenters. The number of imide groups is 1. The molecular weight excluding hydrogens is 377 g/mol. The van der Waals surface area contributed by atoms with Crippen molar-refractivity contribution in [3.8, 4) is 0 Å². The zero-order chi connectivity index (χ0) is 20.0. The van der Waals surface area contributed by atoms with E-state index in [1.165, 1.54) is 0 Å². The average molecular weight is 391 g/mol. The van der Waals surface area contributed by atoms with Crippen molar-refractivity contribution >= 4 is 67.5 Å². The largest absolute Gasteiger partial charge is 0.494 e. The first-order valence-electron chi connectivity index (χ1n) is 9.97. The maximum absolute atomic E-state index is 12.5. The second kappa shape index (κ2) is 5.56. The van der Waals surface area contributed by atoms with Gasteiger partial charge in [0.05, 0.1) is 13.2 Å². The molecule has 1 saturated heterocycles. The Morgan fingerprint density at radius 1 is 0.633 bits per heavy atom. The van der Waals surface area contributed by atoms with Gasteiger partial charge in [-0.2, -0.15) is 0 Å². The Kier molecular flexibility index (Phi) is 3.03. The van der Waals surface area contributed by atoms with Gasteiger partial charge in [-0.1, -0.05) is 42.5 Å². The van der Waals surface area contributed by atoms with Crippen molar-refractivity contribution in [2.24, 2.45) is 0 Å². The Hall–Kier alpha value is -3.48. The summed E-state index contributed by atoms with van der Waals surface area (Å²) in [7, 11) is -0.354. The Bertz CT molecular complexity index is 1500. The summed E-state index contributed by atoms with van der Waals surface area (Å²) in [4.78, 5) is 25.0. The van der Waals surface area contributed by atoms with Crippen LogP contribution in [-0.2, 0) is 9.31 Å². The van der Waals surface area contributed by atoms with Crippen LogP contribution in [0, 0.1) is 0 Å². The summed E-state index contributed by atoms with van der Waals surface area (Å²) in [5.41, 5.74) is 2.12. The summed E-state index contributed by atoms with van der Waals surface area (Å²) >= 11 is 0. The summed E-state index contributed by atoms with van der Waals surface area (Å²) in [5, 5.41) is 10.7. The molecule has 2 aliphatic heterocycles. The van der Waals surface area contributed by atoms with Crippen molar-refractivity contribution in [1.29, 1.82) is 0 Å². The number of rotatable bonds is 1. The summed E-state index contributed by atoms with van der Waals surface area (Å²) in [5.74, 6) is -0.683. The molecule has 5 nitrogen and oxygen atoms in total. The van der Waals surface area contributed by atoms with E-state index in [1.54, 1.807) is 0 Å². The highest BCUT2D eigenvalue weighted by Crippen LogP contribution is 2.42. The van der Waals surface area contributed by atoms with Gasteiger partial charge in [-0.15, -0.1) is 0 Å². The molecular formula is C24H14BNO4. The standard InChI is InChI=1S/C24H14BNO4/c27-23-17-6-4-14-12-2-1-3-16-19(25-29-10-11-30-25)9-8-13(20(12)16)15-5-7-18(24(28)26-23)22(17)21(14)15/h1-9H,10-11H2,(H,26,27,28). The van der Waals surface area contributed by atoms with Crippen LogP contribution in [0.15, 0.2) is 54.6 Å².